The van der Waals surface area contributed by atoms with Gasteiger partial charge in [-0.1, -0.05) is 0 Å². The smallest absolute Gasteiger partial charge is 0.409 e. The number of hydrogen-bond acceptors (Lipinski definition) is 4. The van der Waals surface area contributed by atoms with Crippen molar-refractivity contribution in [3.05, 3.63) is 0 Å². The van der Waals surface area contributed by atoms with Gasteiger partial charge in [-0.05, 0) is 6.92 Å². The van der Waals surface area contributed by atoms with Gasteiger partial charge in [0.05, 0.1) is 12.6 Å². The monoisotopic (exact) mass is 279 g/mol. The van der Waals surface area contributed by atoms with Gasteiger partial charge in [0.2, 0.25) is 12.3 Å². The molecular formula is C11H19F2N3O3. The Morgan fingerprint density at radius 3 is 2.21 bits per heavy atom. The Morgan fingerprint density at radius 1 is 1.21 bits per heavy atom. The van der Waals surface area contributed by atoms with E-state index in [-0.39, 0.29) is 19.7 Å². The molecule has 1 aliphatic rings. The van der Waals surface area contributed by atoms with Crippen molar-refractivity contribution in [3.63, 3.8) is 0 Å². The Hall–Kier alpha value is -1.44. The molecule has 0 aliphatic carbocycles. The van der Waals surface area contributed by atoms with Crippen LogP contribution in [0.4, 0.5) is 13.6 Å². The number of nitrogens with zero attached hydrogens (tertiary/aromatic N) is 2. The highest BCUT2D eigenvalue weighted by atomic mass is 19.3. The average Bonchev–Trinajstić information content (AvgIpc) is 2.37. The summed E-state index contributed by atoms with van der Waals surface area (Å²) in [5.41, 5.74) is 5.41. The summed E-state index contributed by atoms with van der Waals surface area (Å²) in [5, 5.41) is 0. The molecule has 8 heteroatoms. The van der Waals surface area contributed by atoms with E-state index >= 15 is 0 Å². The highest BCUT2D eigenvalue weighted by Crippen LogP contribution is 2.09. The predicted octanol–water partition coefficient (Wildman–Crippen LogP) is 0.270. The number of amides is 2. The van der Waals surface area contributed by atoms with Gasteiger partial charge in [0.1, 0.15) is 0 Å². The molecule has 1 atom stereocenters. The Morgan fingerprint density at radius 2 is 1.74 bits per heavy atom. The summed E-state index contributed by atoms with van der Waals surface area (Å²) in [6, 6.07) is -1.19. The summed E-state index contributed by atoms with van der Waals surface area (Å²) in [7, 11) is 0. The zero-order chi connectivity index (χ0) is 14.4. The van der Waals surface area contributed by atoms with Gasteiger partial charge in [-0.3, -0.25) is 4.79 Å². The lowest BCUT2D eigenvalue weighted by atomic mass is 10.2. The standard InChI is InChI=1S/C11H19F2N3O3/c1-2-19-11(18)16-5-3-15(4-6-16)10(17)8(14)7-9(12)13/h8-9H,2-7,14H2,1H3. The van der Waals surface area contributed by atoms with Gasteiger partial charge in [-0.15, -0.1) is 0 Å². The van der Waals surface area contributed by atoms with Gasteiger partial charge < -0.3 is 20.3 Å². The molecule has 0 bridgehead atoms. The summed E-state index contributed by atoms with van der Waals surface area (Å²) in [5.74, 6) is -0.496. The molecule has 0 aromatic heterocycles. The van der Waals surface area contributed by atoms with Gasteiger partial charge >= 0.3 is 6.09 Å². The van der Waals surface area contributed by atoms with E-state index in [1.807, 2.05) is 0 Å². The Kier molecular flexibility index (Phi) is 5.94. The Balaban J connectivity index is 2.40. The minimum atomic E-state index is -2.60. The molecule has 6 nitrogen and oxygen atoms in total. The van der Waals surface area contributed by atoms with Crippen LogP contribution in [0.3, 0.4) is 0 Å². The molecule has 1 fully saturated rings. The van der Waals surface area contributed by atoms with E-state index in [1.54, 1.807) is 6.92 Å². The minimum Gasteiger partial charge on any atom is -0.450 e. The molecule has 0 radical (unpaired) electrons. The van der Waals surface area contributed by atoms with Crippen molar-refractivity contribution < 1.29 is 23.1 Å². The van der Waals surface area contributed by atoms with Crippen LogP contribution in [-0.4, -0.2) is 67.1 Å². The first-order valence-corrected chi connectivity index (χ1v) is 6.20. The van der Waals surface area contributed by atoms with Crippen molar-refractivity contribution in [1.29, 1.82) is 0 Å². The van der Waals surface area contributed by atoms with Crippen LogP contribution in [0.15, 0.2) is 0 Å². The van der Waals surface area contributed by atoms with Gasteiger partial charge in [-0.25, -0.2) is 13.6 Å². The van der Waals surface area contributed by atoms with E-state index in [2.05, 4.69) is 0 Å². The molecule has 19 heavy (non-hydrogen) atoms. The fourth-order valence-electron chi connectivity index (χ4n) is 1.85. The molecule has 0 aromatic rings. The molecule has 1 aliphatic heterocycles. The highest BCUT2D eigenvalue weighted by Gasteiger charge is 2.28. The van der Waals surface area contributed by atoms with Crippen molar-refractivity contribution in [2.24, 2.45) is 5.73 Å². The first-order chi connectivity index (χ1) is 8.95. The van der Waals surface area contributed by atoms with Crippen molar-refractivity contribution in [3.8, 4) is 0 Å². The van der Waals surface area contributed by atoms with Crippen LogP contribution in [0.1, 0.15) is 13.3 Å². The second-order valence-corrected chi connectivity index (χ2v) is 4.24. The number of ether oxygens (including phenoxy) is 1. The molecule has 1 rings (SSSR count). The number of hydrogen-bond donors (Lipinski definition) is 1. The number of nitrogens with two attached hydrogens (primary N) is 1. The topological polar surface area (TPSA) is 75.9 Å². The molecular weight excluding hydrogens is 260 g/mol. The largest absolute Gasteiger partial charge is 0.450 e. The lowest BCUT2D eigenvalue weighted by Gasteiger charge is -2.35. The minimum absolute atomic E-state index is 0.286. The van der Waals surface area contributed by atoms with Crippen molar-refractivity contribution >= 4 is 12.0 Å². The third kappa shape index (κ3) is 4.62. The molecule has 1 unspecified atom stereocenters. The van der Waals surface area contributed by atoms with Crippen LogP contribution >= 0.6 is 0 Å². The van der Waals surface area contributed by atoms with Crippen LogP contribution in [0.5, 0.6) is 0 Å². The normalized spacial score (nSPS) is 17.5. The molecule has 2 N–H and O–H groups in total. The van der Waals surface area contributed by atoms with E-state index in [0.29, 0.717) is 13.1 Å². The maximum Gasteiger partial charge on any atom is 0.409 e. The second kappa shape index (κ2) is 7.22. The number of halogens is 2. The van der Waals surface area contributed by atoms with Gasteiger partial charge in [0.25, 0.3) is 0 Å². The lowest BCUT2D eigenvalue weighted by molar-refractivity contribution is -0.135. The maximum absolute atomic E-state index is 12.1. The fourth-order valence-corrected chi connectivity index (χ4v) is 1.85. The van der Waals surface area contributed by atoms with E-state index in [0.717, 1.165) is 0 Å². The van der Waals surface area contributed by atoms with Crippen LogP contribution in [-0.2, 0) is 9.53 Å². The van der Waals surface area contributed by atoms with Crippen LogP contribution in [0.25, 0.3) is 0 Å². The second-order valence-electron chi connectivity index (χ2n) is 4.24. The fraction of sp³-hybridized carbons (Fsp3) is 0.818. The van der Waals surface area contributed by atoms with Crippen molar-refractivity contribution in [1.82, 2.24) is 9.80 Å². The number of rotatable bonds is 4. The maximum atomic E-state index is 12.1. The summed E-state index contributed by atoms with van der Waals surface area (Å²) in [4.78, 5) is 26.1. The molecule has 0 saturated carbocycles. The zero-order valence-electron chi connectivity index (χ0n) is 10.8. The van der Waals surface area contributed by atoms with Crippen LogP contribution in [0, 0.1) is 0 Å². The van der Waals surface area contributed by atoms with E-state index in [9.17, 15) is 18.4 Å². The quantitative estimate of drug-likeness (QED) is 0.801. The average molecular weight is 279 g/mol. The highest BCUT2D eigenvalue weighted by molar-refractivity contribution is 5.82. The molecule has 1 saturated heterocycles. The van der Waals surface area contributed by atoms with Crippen molar-refractivity contribution in [2.45, 2.75) is 25.8 Å². The summed E-state index contributed by atoms with van der Waals surface area (Å²) in [6.45, 7) is 3.22. The molecule has 0 spiro atoms. The first-order valence-electron chi connectivity index (χ1n) is 6.20. The Labute approximate surface area is 110 Å². The molecule has 110 valence electrons. The SMILES string of the molecule is CCOC(=O)N1CCN(C(=O)C(N)CC(F)F)CC1. The zero-order valence-corrected chi connectivity index (χ0v) is 10.8. The van der Waals surface area contributed by atoms with E-state index in [4.69, 9.17) is 10.5 Å². The van der Waals surface area contributed by atoms with Gasteiger partial charge in [0.15, 0.2) is 0 Å². The molecule has 1 heterocycles. The summed E-state index contributed by atoms with van der Waals surface area (Å²) >= 11 is 0. The lowest BCUT2D eigenvalue weighted by Crippen LogP contribution is -2.54. The first kappa shape index (κ1) is 15.6. The summed E-state index contributed by atoms with van der Waals surface area (Å²) < 4.78 is 29.1. The van der Waals surface area contributed by atoms with E-state index < -0.39 is 30.9 Å². The van der Waals surface area contributed by atoms with Gasteiger partial charge in [-0.2, -0.15) is 0 Å². The molecule has 2 amide bonds. The van der Waals surface area contributed by atoms with Crippen molar-refractivity contribution in [2.75, 3.05) is 32.8 Å². The van der Waals surface area contributed by atoms with Crippen LogP contribution < -0.4 is 5.73 Å². The van der Waals surface area contributed by atoms with Crippen LogP contribution in [0.2, 0.25) is 0 Å². The number of carbonyl (C=O) groups excluding carboxylic acids is 2. The number of carbonyl (C=O) groups is 2. The Bertz CT molecular complexity index is 320. The third-order valence-corrected chi connectivity index (χ3v) is 2.87. The van der Waals surface area contributed by atoms with E-state index in [1.165, 1.54) is 9.80 Å². The third-order valence-electron chi connectivity index (χ3n) is 2.87. The number of piperazine rings is 1. The predicted molar refractivity (Wildman–Crippen MR) is 63.8 cm³/mol. The molecule has 0 aromatic carbocycles. The van der Waals surface area contributed by atoms with Gasteiger partial charge in [0, 0.05) is 32.6 Å². The number of alkyl halides is 2. The summed E-state index contributed by atoms with van der Waals surface area (Å²) in [6.07, 6.45) is -3.66.